The lowest BCUT2D eigenvalue weighted by molar-refractivity contribution is 0.306. The zero-order valence-electron chi connectivity index (χ0n) is 12.1. The molecule has 3 aromatic rings. The van der Waals surface area contributed by atoms with Gasteiger partial charge in [0.25, 0.3) is 0 Å². The van der Waals surface area contributed by atoms with E-state index in [1.165, 1.54) is 0 Å². The number of hydrogen-bond acceptors (Lipinski definition) is 3. The minimum atomic E-state index is 0.548. The van der Waals surface area contributed by atoms with Gasteiger partial charge in [-0.15, -0.1) is 0 Å². The Morgan fingerprint density at radius 3 is 2.05 bits per heavy atom. The molecule has 3 aromatic carbocycles. The molecule has 3 nitrogen and oxygen atoms in total. The maximum absolute atomic E-state index is 5.86. The summed E-state index contributed by atoms with van der Waals surface area (Å²) >= 11 is 0. The second-order valence-corrected chi connectivity index (χ2v) is 4.89. The number of nitrogens with two attached hydrogens (primary N) is 1. The lowest BCUT2D eigenvalue weighted by Gasteiger charge is -2.10. The molecule has 2 N–H and O–H groups in total. The first-order valence-electron chi connectivity index (χ1n) is 7.10. The van der Waals surface area contributed by atoms with Crippen LogP contribution in [-0.2, 0) is 6.61 Å². The second-order valence-electron chi connectivity index (χ2n) is 4.89. The molecule has 0 aliphatic heterocycles. The second kappa shape index (κ2) is 6.68. The van der Waals surface area contributed by atoms with Gasteiger partial charge in [-0.05, 0) is 42.0 Å². The van der Waals surface area contributed by atoms with Crippen molar-refractivity contribution in [1.29, 1.82) is 0 Å². The Morgan fingerprint density at radius 2 is 1.32 bits per heavy atom. The van der Waals surface area contributed by atoms with Gasteiger partial charge in [0, 0.05) is 0 Å². The quantitative estimate of drug-likeness (QED) is 0.696. The minimum absolute atomic E-state index is 0.548. The van der Waals surface area contributed by atoms with Crippen molar-refractivity contribution in [2.45, 2.75) is 6.61 Å². The van der Waals surface area contributed by atoms with Crippen LogP contribution >= 0.6 is 0 Å². The third-order valence-electron chi connectivity index (χ3n) is 3.22. The van der Waals surface area contributed by atoms with E-state index < -0.39 is 0 Å². The summed E-state index contributed by atoms with van der Waals surface area (Å²) in [5.74, 6) is 2.18. The normalized spacial score (nSPS) is 10.2. The summed E-state index contributed by atoms with van der Waals surface area (Å²) in [4.78, 5) is 0. The van der Waals surface area contributed by atoms with Crippen molar-refractivity contribution in [2.75, 3.05) is 5.73 Å². The number of para-hydroxylation sites is 2. The van der Waals surface area contributed by atoms with Gasteiger partial charge in [-0.3, -0.25) is 0 Å². The molecule has 0 atom stereocenters. The third kappa shape index (κ3) is 3.58. The van der Waals surface area contributed by atoms with Crippen molar-refractivity contribution in [2.24, 2.45) is 0 Å². The molecule has 3 heteroatoms. The van der Waals surface area contributed by atoms with E-state index in [1.54, 1.807) is 0 Å². The molecule has 0 bridgehead atoms. The van der Waals surface area contributed by atoms with Crippen LogP contribution in [0.3, 0.4) is 0 Å². The van der Waals surface area contributed by atoms with Gasteiger partial charge in [-0.25, -0.2) is 0 Å². The van der Waals surface area contributed by atoms with Crippen molar-refractivity contribution in [3.8, 4) is 17.2 Å². The van der Waals surface area contributed by atoms with Gasteiger partial charge in [0.05, 0.1) is 5.69 Å². The van der Waals surface area contributed by atoms with Crippen molar-refractivity contribution >= 4 is 5.69 Å². The summed E-state index contributed by atoms with van der Waals surface area (Å²) in [6.45, 7) is 0.548. The van der Waals surface area contributed by atoms with Crippen LogP contribution in [0, 0.1) is 0 Å². The fourth-order valence-corrected chi connectivity index (χ4v) is 2.05. The fraction of sp³-hybridized carbons (Fsp3) is 0.0526. The maximum Gasteiger partial charge on any atom is 0.150 e. The summed E-state index contributed by atoms with van der Waals surface area (Å²) in [5, 5.41) is 0. The van der Waals surface area contributed by atoms with Gasteiger partial charge in [-0.2, -0.15) is 0 Å². The molecule has 22 heavy (non-hydrogen) atoms. The topological polar surface area (TPSA) is 44.5 Å². The molecule has 0 aliphatic rings. The van der Waals surface area contributed by atoms with E-state index in [1.807, 2.05) is 78.9 Å². The van der Waals surface area contributed by atoms with E-state index in [4.69, 9.17) is 15.2 Å². The van der Waals surface area contributed by atoms with Crippen LogP contribution in [0.2, 0.25) is 0 Å². The molecule has 110 valence electrons. The minimum Gasteiger partial charge on any atom is -0.489 e. The Bertz CT molecular complexity index is 724. The molecule has 0 amide bonds. The average molecular weight is 291 g/mol. The van der Waals surface area contributed by atoms with E-state index in [9.17, 15) is 0 Å². The highest BCUT2D eigenvalue weighted by atomic mass is 16.5. The zero-order chi connectivity index (χ0) is 15.2. The molecule has 0 unspecified atom stereocenters. The van der Waals surface area contributed by atoms with Gasteiger partial charge in [0.15, 0.2) is 0 Å². The summed E-state index contributed by atoms with van der Waals surface area (Å²) in [7, 11) is 0. The van der Waals surface area contributed by atoms with Crippen molar-refractivity contribution < 1.29 is 9.47 Å². The molecule has 0 spiro atoms. The number of nitrogen functional groups attached to an aromatic ring is 1. The molecule has 0 aliphatic carbocycles. The molecule has 0 aromatic heterocycles. The van der Waals surface area contributed by atoms with Gasteiger partial charge in [0.1, 0.15) is 23.9 Å². The van der Waals surface area contributed by atoms with Gasteiger partial charge in [0.2, 0.25) is 0 Å². The van der Waals surface area contributed by atoms with Crippen molar-refractivity contribution in [3.05, 3.63) is 84.4 Å². The SMILES string of the molecule is Nc1ccccc1Oc1ccc(OCc2ccccc2)cc1. The predicted molar refractivity (Wildman–Crippen MR) is 88.1 cm³/mol. The lowest BCUT2D eigenvalue weighted by atomic mass is 10.2. The lowest BCUT2D eigenvalue weighted by Crippen LogP contribution is -1.95. The van der Waals surface area contributed by atoms with E-state index in [-0.39, 0.29) is 0 Å². The molecule has 0 saturated carbocycles. The van der Waals surface area contributed by atoms with Gasteiger partial charge in [-0.1, -0.05) is 42.5 Å². The maximum atomic E-state index is 5.86. The van der Waals surface area contributed by atoms with Crippen LogP contribution in [0.25, 0.3) is 0 Å². The van der Waals surface area contributed by atoms with Crippen LogP contribution in [0.5, 0.6) is 17.2 Å². The molecule has 0 heterocycles. The Morgan fingerprint density at radius 1 is 0.682 bits per heavy atom. The Labute approximate surface area is 129 Å². The van der Waals surface area contributed by atoms with E-state index >= 15 is 0 Å². The van der Waals surface area contributed by atoms with Crippen molar-refractivity contribution in [3.63, 3.8) is 0 Å². The third-order valence-corrected chi connectivity index (χ3v) is 3.22. The van der Waals surface area contributed by atoms with Crippen LogP contribution in [0.15, 0.2) is 78.9 Å². The van der Waals surface area contributed by atoms with Gasteiger partial charge >= 0.3 is 0 Å². The molecular formula is C19H17NO2. The monoisotopic (exact) mass is 291 g/mol. The van der Waals surface area contributed by atoms with E-state index in [0.29, 0.717) is 18.0 Å². The number of hydrogen-bond donors (Lipinski definition) is 1. The summed E-state index contributed by atoms with van der Waals surface area (Å²) in [6.07, 6.45) is 0. The van der Waals surface area contributed by atoms with Crippen LogP contribution in [0.4, 0.5) is 5.69 Å². The summed E-state index contributed by atoms with van der Waals surface area (Å²) < 4.78 is 11.5. The molecule has 0 radical (unpaired) electrons. The zero-order valence-corrected chi connectivity index (χ0v) is 12.1. The Kier molecular flexibility index (Phi) is 4.25. The summed E-state index contributed by atoms with van der Waals surface area (Å²) in [6, 6.07) is 25.0. The highest BCUT2D eigenvalue weighted by molar-refractivity contribution is 5.53. The average Bonchev–Trinajstić information content (AvgIpc) is 2.57. The number of benzene rings is 3. The van der Waals surface area contributed by atoms with Crippen LogP contribution in [0.1, 0.15) is 5.56 Å². The standard InChI is InChI=1S/C19H17NO2/c20-18-8-4-5-9-19(18)22-17-12-10-16(11-13-17)21-14-15-6-2-1-3-7-15/h1-13H,14,20H2. The van der Waals surface area contributed by atoms with Crippen LogP contribution in [-0.4, -0.2) is 0 Å². The highest BCUT2D eigenvalue weighted by Crippen LogP contribution is 2.28. The Hall–Kier alpha value is -2.94. The van der Waals surface area contributed by atoms with E-state index in [2.05, 4.69) is 0 Å². The first-order chi connectivity index (χ1) is 10.8. The number of rotatable bonds is 5. The van der Waals surface area contributed by atoms with Gasteiger partial charge < -0.3 is 15.2 Å². The number of anilines is 1. The first kappa shape index (κ1) is 14.0. The van der Waals surface area contributed by atoms with E-state index in [0.717, 1.165) is 17.1 Å². The molecule has 0 fully saturated rings. The molecular weight excluding hydrogens is 274 g/mol. The Balaban J connectivity index is 1.62. The largest absolute Gasteiger partial charge is 0.489 e. The smallest absolute Gasteiger partial charge is 0.150 e. The number of ether oxygens (including phenoxy) is 2. The highest BCUT2D eigenvalue weighted by Gasteiger charge is 2.02. The predicted octanol–water partition coefficient (Wildman–Crippen LogP) is 4.64. The molecule has 0 saturated heterocycles. The van der Waals surface area contributed by atoms with Crippen LogP contribution < -0.4 is 15.2 Å². The fourth-order valence-electron chi connectivity index (χ4n) is 2.05. The molecule has 3 rings (SSSR count). The first-order valence-corrected chi connectivity index (χ1v) is 7.10. The summed E-state index contributed by atoms with van der Waals surface area (Å²) in [5.41, 5.74) is 7.62. The van der Waals surface area contributed by atoms with Crippen molar-refractivity contribution in [1.82, 2.24) is 0 Å².